The average Bonchev–Trinajstić information content (AvgIpc) is 2.40. The number of hydrogen-bond donors (Lipinski definition) is 1. The van der Waals surface area contributed by atoms with Gasteiger partial charge in [-0.3, -0.25) is 4.79 Å². The topological polar surface area (TPSA) is 37.3 Å². The Morgan fingerprint density at radius 3 is 2.67 bits per heavy atom. The summed E-state index contributed by atoms with van der Waals surface area (Å²) in [5, 5.41) is 10.3. The summed E-state index contributed by atoms with van der Waals surface area (Å²) in [6, 6.07) is 9.83. The number of aliphatic hydroxyl groups is 1. The van der Waals surface area contributed by atoms with Gasteiger partial charge >= 0.3 is 0 Å². The molecule has 2 atom stereocenters. The molecule has 96 valence electrons. The molecule has 0 saturated heterocycles. The lowest BCUT2D eigenvalue weighted by molar-refractivity contribution is -0.135. The van der Waals surface area contributed by atoms with Gasteiger partial charge in [-0.05, 0) is 25.3 Å². The Labute approximate surface area is 108 Å². The molecular formula is C16H20O2. The zero-order valence-electron chi connectivity index (χ0n) is 10.8. The summed E-state index contributed by atoms with van der Waals surface area (Å²) in [4.78, 5) is 12.0. The molecule has 1 aromatic carbocycles. The zero-order chi connectivity index (χ0) is 13.0. The van der Waals surface area contributed by atoms with Gasteiger partial charge in [-0.15, -0.1) is 0 Å². The number of aliphatic hydroxyl groups excluding tert-OH is 1. The highest BCUT2D eigenvalue weighted by molar-refractivity contribution is 5.86. The fourth-order valence-corrected chi connectivity index (χ4v) is 2.49. The molecule has 0 aliphatic heterocycles. The Bertz CT molecular complexity index is 436. The second-order valence-electron chi connectivity index (χ2n) is 5.26. The number of ketones is 1. The maximum absolute atomic E-state index is 12.0. The van der Waals surface area contributed by atoms with Gasteiger partial charge < -0.3 is 5.11 Å². The van der Waals surface area contributed by atoms with Crippen molar-refractivity contribution in [1.82, 2.24) is 0 Å². The molecule has 0 amide bonds. The molecule has 1 aromatic rings. The van der Waals surface area contributed by atoms with Crippen LogP contribution in [0.5, 0.6) is 0 Å². The maximum atomic E-state index is 12.0. The summed E-state index contributed by atoms with van der Waals surface area (Å²) in [5.41, 5.74) is 0.451. The summed E-state index contributed by atoms with van der Waals surface area (Å²) < 4.78 is 0. The van der Waals surface area contributed by atoms with Crippen molar-refractivity contribution in [3.8, 4) is 0 Å². The molecule has 2 rings (SSSR count). The van der Waals surface area contributed by atoms with Gasteiger partial charge in [-0.25, -0.2) is 0 Å². The van der Waals surface area contributed by atoms with E-state index >= 15 is 0 Å². The van der Waals surface area contributed by atoms with Crippen LogP contribution in [0.4, 0.5) is 0 Å². The first kappa shape index (κ1) is 13.0. The third-order valence-electron chi connectivity index (χ3n) is 3.91. The summed E-state index contributed by atoms with van der Waals surface area (Å²) >= 11 is 0. The number of rotatable bonds is 3. The number of Topliss-reactive ketones (excluding diaryl/α,β-unsaturated/α-hetero) is 1. The first-order valence-electron chi connectivity index (χ1n) is 6.57. The Hall–Kier alpha value is -1.41. The largest absolute Gasteiger partial charge is 0.388 e. The molecular weight excluding hydrogens is 224 g/mol. The fraction of sp³-hybridized carbons (Fsp3) is 0.438. The molecule has 1 saturated carbocycles. The van der Waals surface area contributed by atoms with Crippen LogP contribution >= 0.6 is 0 Å². The van der Waals surface area contributed by atoms with E-state index in [4.69, 9.17) is 0 Å². The van der Waals surface area contributed by atoms with E-state index in [9.17, 15) is 9.90 Å². The van der Waals surface area contributed by atoms with Crippen LogP contribution in [-0.4, -0.2) is 17.0 Å². The van der Waals surface area contributed by atoms with E-state index in [0.29, 0.717) is 6.42 Å². The van der Waals surface area contributed by atoms with Gasteiger partial charge in [0.25, 0.3) is 0 Å². The standard InChI is InChI=1S/C16H20O2/c1-16(12-6-5-9-14(16)17)15(18)11-10-13-7-3-2-4-8-13/h2-4,7-8,10-11,15,18H,5-6,9,12H2,1H3/b11-10+/t15-,16+/m0/s1. The van der Waals surface area contributed by atoms with Crippen LogP contribution in [0.1, 0.15) is 38.2 Å². The highest BCUT2D eigenvalue weighted by atomic mass is 16.3. The third-order valence-corrected chi connectivity index (χ3v) is 3.91. The van der Waals surface area contributed by atoms with Crippen LogP contribution in [0.25, 0.3) is 6.08 Å². The Morgan fingerprint density at radius 2 is 2.00 bits per heavy atom. The molecule has 1 fully saturated rings. The lowest BCUT2D eigenvalue weighted by Gasteiger charge is -2.34. The van der Waals surface area contributed by atoms with Crippen LogP contribution in [-0.2, 0) is 4.79 Å². The van der Waals surface area contributed by atoms with Crippen molar-refractivity contribution in [2.24, 2.45) is 5.41 Å². The van der Waals surface area contributed by atoms with E-state index in [-0.39, 0.29) is 5.78 Å². The molecule has 0 aromatic heterocycles. The first-order valence-corrected chi connectivity index (χ1v) is 6.57. The van der Waals surface area contributed by atoms with E-state index in [2.05, 4.69) is 0 Å². The van der Waals surface area contributed by atoms with E-state index in [1.807, 2.05) is 43.3 Å². The van der Waals surface area contributed by atoms with E-state index in [1.165, 1.54) is 0 Å². The molecule has 0 heterocycles. The van der Waals surface area contributed by atoms with Crippen LogP contribution in [0, 0.1) is 5.41 Å². The lowest BCUT2D eigenvalue weighted by atomic mass is 9.70. The molecule has 0 spiro atoms. The molecule has 1 N–H and O–H groups in total. The van der Waals surface area contributed by atoms with Crippen molar-refractivity contribution in [1.29, 1.82) is 0 Å². The predicted octanol–water partition coefficient (Wildman–Crippen LogP) is 3.21. The van der Waals surface area contributed by atoms with Crippen LogP contribution in [0.3, 0.4) is 0 Å². The van der Waals surface area contributed by atoms with Gasteiger partial charge in [0, 0.05) is 6.42 Å². The van der Waals surface area contributed by atoms with Gasteiger partial charge in [0.2, 0.25) is 0 Å². The molecule has 0 radical (unpaired) electrons. The van der Waals surface area contributed by atoms with Gasteiger partial charge in [0.15, 0.2) is 0 Å². The maximum Gasteiger partial charge on any atom is 0.141 e. The molecule has 2 nitrogen and oxygen atoms in total. The van der Waals surface area contributed by atoms with Crippen molar-refractivity contribution >= 4 is 11.9 Å². The average molecular weight is 244 g/mol. The lowest BCUT2D eigenvalue weighted by Crippen LogP contribution is -2.41. The van der Waals surface area contributed by atoms with Crippen LogP contribution in [0.2, 0.25) is 0 Å². The van der Waals surface area contributed by atoms with Crippen molar-refractivity contribution in [3.05, 3.63) is 42.0 Å². The minimum atomic E-state index is -0.689. The van der Waals surface area contributed by atoms with Crippen LogP contribution in [0.15, 0.2) is 36.4 Å². The van der Waals surface area contributed by atoms with Gasteiger partial charge in [0.1, 0.15) is 5.78 Å². The van der Waals surface area contributed by atoms with E-state index < -0.39 is 11.5 Å². The third kappa shape index (κ3) is 2.70. The quantitative estimate of drug-likeness (QED) is 0.886. The second kappa shape index (κ2) is 5.49. The van der Waals surface area contributed by atoms with Gasteiger partial charge in [-0.1, -0.05) is 48.9 Å². The summed E-state index contributed by atoms with van der Waals surface area (Å²) in [7, 11) is 0. The smallest absolute Gasteiger partial charge is 0.141 e. The fourth-order valence-electron chi connectivity index (χ4n) is 2.49. The minimum Gasteiger partial charge on any atom is -0.388 e. The van der Waals surface area contributed by atoms with Gasteiger partial charge in [0.05, 0.1) is 11.5 Å². The van der Waals surface area contributed by atoms with Crippen molar-refractivity contribution < 1.29 is 9.90 Å². The predicted molar refractivity (Wildman–Crippen MR) is 73.1 cm³/mol. The van der Waals surface area contributed by atoms with E-state index in [1.54, 1.807) is 6.08 Å². The summed E-state index contributed by atoms with van der Waals surface area (Å²) in [6.07, 6.45) is 6.32. The molecule has 1 aliphatic rings. The second-order valence-corrected chi connectivity index (χ2v) is 5.26. The summed E-state index contributed by atoms with van der Waals surface area (Å²) in [6.45, 7) is 1.88. The number of carbonyl (C=O) groups is 1. The highest BCUT2D eigenvalue weighted by Crippen LogP contribution is 2.36. The normalized spacial score (nSPS) is 26.4. The highest BCUT2D eigenvalue weighted by Gasteiger charge is 2.40. The molecule has 18 heavy (non-hydrogen) atoms. The first-order chi connectivity index (χ1) is 8.63. The summed E-state index contributed by atoms with van der Waals surface area (Å²) in [5.74, 6) is 0.193. The van der Waals surface area contributed by atoms with Crippen LogP contribution < -0.4 is 0 Å². The number of carbonyl (C=O) groups excluding carboxylic acids is 1. The SMILES string of the molecule is C[C@@]1([C@@H](O)/C=C/c2ccccc2)CCCCC1=O. The Kier molecular flexibility index (Phi) is 3.97. The Balaban J connectivity index is 2.09. The van der Waals surface area contributed by atoms with E-state index in [0.717, 1.165) is 24.8 Å². The zero-order valence-corrected chi connectivity index (χ0v) is 10.8. The van der Waals surface area contributed by atoms with Gasteiger partial charge in [-0.2, -0.15) is 0 Å². The monoisotopic (exact) mass is 244 g/mol. The number of hydrogen-bond acceptors (Lipinski definition) is 2. The molecule has 1 aliphatic carbocycles. The van der Waals surface area contributed by atoms with Crippen molar-refractivity contribution in [2.75, 3.05) is 0 Å². The Morgan fingerprint density at radius 1 is 1.28 bits per heavy atom. The molecule has 0 bridgehead atoms. The molecule has 0 unspecified atom stereocenters. The number of benzene rings is 1. The minimum absolute atomic E-state index is 0.193. The molecule has 2 heteroatoms. The van der Waals surface area contributed by atoms with Crippen molar-refractivity contribution in [2.45, 2.75) is 38.7 Å². The van der Waals surface area contributed by atoms with Crippen molar-refractivity contribution in [3.63, 3.8) is 0 Å².